The summed E-state index contributed by atoms with van der Waals surface area (Å²) in [5.74, 6) is -0.639. The van der Waals surface area contributed by atoms with Gasteiger partial charge in [-0.2, -0.15) is 0 Å². The highest BCUT2D eigenvalue weighted by Gasteiger charge is 2.38. The predicted octanol–water partition coefficient (Wildman–Crippen LogP) is 8.22. The number of carbonyl (C=O) groups excluding carboxylic acids is 3. The number of esters is 2. The van der Waals surface area contributed by atoms with Gasteiger partial charge < -0.3 is 14.0 Å². The molecule has 0 saturated carbocycles. The molecule has 0 aliphatic carbocycles. The van der Waals surface area contributed by atoms with Gasteiger partial charge in [0.2, 0.25) is 5.52 Å². The molecule has 0 N–H and O–H groups in total. The van der Waals surface area contributed by atoms with Gasteiger partial charge in [0.1, 0.15) is 13.2 Å². The van der Waals surface area contributed by atoms with Gasteiger partial charge in [-0.3, -0.25) is 14.4 Å². The maximum absolute atomic E-state index is 15.3. The van der Waals surface area contributed by atoms with Crippen molar-refractivity contribution in [1.29, 1.82) is 0 Å². The molecule has 1 atom stereocenters. The number of hydrogen-bond acceptors (Lipinski definition) is 6. The lowest BCUT2D eigenvalue weighted by molar-refractivity contribution is -0.145. The van der Waals surface area contributed by atoms with Crippen LogP contribution in [0.5, 0.6) is 0 Å². The van der Waals surface area contributed by atoms with E-state index in [2.05, 4.69) is 31.9 Å². The summed E-state index contributed by atoms with van der Waals surface area (Å²) >= 11 is 6.52. The fraction of sp³-hybridized carbons (Fsp3) is 0.382. The Kier molecular flexibility index (Phi) is 12.6. The Hall–Kier alpha value is -2.54. The summed E-state index contributed by atoms with van der Waals surface area (Å²) < 4.78 is 26.3. The van der Waals surface area contributed by atoms with Gasteiger partial charge in [-0.1, -0.05) is 74.3 Å². The number of ether oxygens (including phenoxy) is 2. The Morgan fingerprint density at radius 3 is 1.65 bits per heavy atom. The van der Waals surface area contributed by atoms with Crippen molar-refractivity contribution in [2.45, 2.75) is 73.8 Å². The van der Waals surface area contributed by atoms with E-state index in [4.69, 9.17) is 9.47 Å². The minimum Gasteiger partial charge on any atom is -0.461 e. The molecule has 0 fully saturated rings. The summed E-state index contributed by atoms with van der Waals surface area (Å²) in [5, 5.41) is 1.50. The maximum atomic E-state index is 15.3. The van der Waals surface area contributed by atoms with Crippen LogP contribution in [0.3, 0.4) is 0 Å². The molecule has 0 heterocycles. The highest BCUT2D eigenvalue weighted by molar-refractivity contribution is 9.09. The molecule has 230 valence electrons. The summed E-state index contributed by atoms with van der Waals surface area (Å²) in [6, 6.07) is 12.8. The molecule has 43 heavy (non-hydrogen) atoms. The molecule has 0 spiro atoms. The van der Waals surface area contributed by atoms with Gasteiger partial charge in [-0.15, -0.1) is 0 Å². The average Bonchev–Trinajstić information content (AvgIpc) is 2.95. The number of carbonyl (C=O) groups is 3. The third kappa shape index (κ3) is 8.14. The highest BCUT2D eigenvalue weighted by Crippen LogP contribution is 2.53. The van der Waals surface area contributed by atoms with Gasteiger partial charge >= 0.3 is 11.9 Å². The number of rotatable bonds is 13. The molecule has 0 saturated heterocycles. The van der Waals surface area contributed by atoms with E-state index < -0.39 is 12.7 Å². The third-order valence-electron chi connectivity index (χ3n) is 7.87. The van der Waals surface area contributed by atoms with E-state index >= 15 is 4.57 Å². The lowest BCUT2D eigenvalue weighted by Gasteiger charge is -2.25. The van der Waals surface area contributed by atoms with Crippen LogP contribution in [0.4, 0.5) is 0 Å². The van der Waals surface area contributed by atoms with Gasteiger partial charge in [0.05, 0.1) is 12.8 Å². The van der Waals surface area contributed by atoms with Gasteiger partial charge in [-0.25, -0.2) is 0 Å². The molecular formula is C34H39Br2O6P. The smallest absolute Gasteiger partial charge is 0.306 e. The molecule has 0 amide bonds. The van der Waals surface area contributed by atoms with Gasteiger partial charge in [-0.05, 0) is 91.6 Å². The Balaban J connectivity index is 2.14. The van der Waals surface area contributed by atoms with Crippen LogP contribution >= 0.6 is 39.0 Å². The number of hydrogen-bond donors (Lipinski definition) is 0. The van der Waals surface area contributed by atoms with E-state index in [0.717, 1.165) is 44.5 Å². The molecule has 1 unspecified atom stereocenters. The Bertz CT molecular complexity index is 1570. The topological polar surface area (TPSA) is 86.7 Å². The number of benzene rings is 3. The monoisotopic (exact) mass is 732 g/mol. The van der Waals surface area contributed by atoms with E-state index in [1.807, 2.05) is 59.7 Å². The molecule has 6 nitrogen and oxygen atoms in total. The van der Waals surface area contributed by atoms with Crippen LogP contribution in [-0.4, -0.2) is 28.1 Å². The standard InChI is InChI=1S/C34H39Br2O6P/c1-21-16-23(3)30(25(5)28(21)18-41-31(37)12-14-35)20-43(40,27-10-8-7-9-11-27)34(39)33-24(4)17-22(2)29(26(33)6)19-42-32(38)13-15-36/h7-11,16-17H,12-15,18-20H2,1-6H3. The van der Waals surface area contributed by atoms with Crippen LogP contribution in [0.25, 0.3) is 0 Å². The summed E-state index contributed by atoms with van der Waals surface area (Å²) in [4.78, 5) is 38.8. The minimum absolute atomic E-state index is 0.0263. The highest BCUT2D eigenvalue weighted by atomic mass is 79.9. The van der Waals surface area contributed by atoms with E-state index in [1.165, 1.54) is 0 Å². The van der Waals surface area contributed by atoms with Crippen molar-refractivity contribution in [1.82, 2.24) is 0 Å². The largest absolute Gasteiger partial charge is 0.461 e. The SMILES string of the molecule is Cc1cc(C)c(CP(=O)(C(=O)c2c(C)cc(C)c(COC(=O)CCBr)c2C)c2ccccc2)c(C)c1COC(=O)CCBr. The Labute approximate surface area is 271 Å². The summed E-state index contributed by atoms with van der Waals surface area (Å²) in [6.45, 7) is 11.6. The van der Waals surface area contributed by atoms with Crippen molar-refractivity contribution in [3.63, 3.8) is 0 Å². The van der Waals surface area contributed by atoms with Gasteiger partial charge in [0.25, 0.3) is 0 Å². The quantitative estimate of drug-likeness (QED) is 0.100. The normalized spacial score (nSPS) is 12.5. The van der Waals surface area contributed by atoms with Crippen LogP contribution < -0.4 is 5.30 Å². The zero-order valence-electron chi connectivity index (χ0n) is 25.6. The first-order valence-electron chi connectivity index (χ1n) is 14.2. The lowest BCUT2D eigenvalue weighted by atomic mass is 9.94. The molecule has 3 rings (SSSR count). The molecule has 0 radical (unpaired) electrons. The van der Waals surface area contributed by atoms with Crippen LogP contribution in [0.2, 0.25) is 0 Å². The van der Waals surface area contributed by atoms with Crippen molar-refractivity contribution in [2.24, 2.45) is 0 Å². The molecular weight excluding hydrogens is 695 g/mol. The van der Waals surface area contributed by atoms with E-state index in [9.17, 15) is 14.4 Å². The third-order valence-corrected chi connectivity index (χ3v) is 11.4. The zero-order valence-corrected chi connectivity index (χ0v) is 29.7. The fourth-order valence-corrected chi connectivity index (χ4v) is 8.97. The van der Waals surface area contributed by atoms with E-state index in [-0.39, 0.29) is 44.2 Å². The van der Waals surface area contributed by atoms with Crippen molar-refractivity contribution >= 4 is 61.8 Å². The number of halogens is 2. The maximum Gasteiger partial charge on any atom is 0.306 e. The second-order valence-corrected chi connectivity index (χ2v) is 15.1. The lowest BCUT2D eigenvalue weighted by Crippen LogP contribution is -2.19. The van der Waals surface area contributed by atoms with Gasteiger partial charge in [0.15, 0.2) is 7.14 Å². The Morgan fingerprint density at radius 2 is 1.14 bits per heavy atom. The van der Waals surface area contributed by atoms with Crippen molar-refractivity contribution in [2.75, 3.05) is 10.7 Å². The van der Waals surface area contributed by atoms with Crippen molar-refractivity contribution < 1.29 is 28.4 Å². The van der Waals surface area contributed by atoms with Crippen LogP contribution in [0.15, 0.2) is 42.5 Å². The van der Waals surface area contributed by atoms with Crippen LogP contribution in [0, 0.1) is 41.5 Å². The van der Waals surface area contributed by atoms with E-state index in [1.54, 1.807) is 24.3 Å². The second-order valence-electron chi connectivity index (χ2n) is 10.8. The minimum atomic E-state index is -3.75. The molecule has 0 aliphatic rings. The summed E-state index contributed by atoms with van der Waals surface area (Å²) in [7, 11) is -3.75. The van der Waals surface area contributed by atoms with Crippen molar-refractivity contribution in [3.8, 4) is 0 Å². The average molecular weight is 734 g/mol. The molecule has 3 aromatic carbocycles. The first-order valence-corrected chi connectivity index (χ1v) is 18.3. The molecule has 0 aromatic heterocycles. The van der Waals surface area contributed by atoms with Crippen molar-refractivity contribution in [3.05, 3.63) is 98.1 Å². The number of alkyl halides is 2. The summed E-state index contributed by atoms with van der Waals surface area (Å²) in [6.07, 6.45) is 0.534. The zero-order chi connectivity index (χ0) is 31.9. The summed E-state index contributed by atoms with van der Waals surface area (Å²) in [5.41, 5.74) is 7.43. The second kappa shape index (κ2) is 15.5. The fourth-order valence-electron chi connectivity index (χ4n) is 5.47. The molecule has 0 aliphatic heterocycles. The van der Waals surface area contributed by atoms with Crippen LogP contribution in [-0.2, 0) is 43.0 Å². The first-order chi connectivity index (χ1) is 20.3. The Morgan fingerprint density at radius 1 is 0.674 bits per heavy atom. The van der Waals surface area contributed by atoms with Gasteiger partial charge in [0, 0.05) is 27.7 Å². The first kappa shape index (κ1) is 34.9. The van der Waals surface area contributed by atoms with Crippen LogP contribution in [0.1, 0.15) is 73.3 Å². The van der Waals surface area contributed by atoms with E-state index in [0.29, 0.717) is 27.1 Å². The molecule has 0 bridgehead atoms. The molecule has 3 aromatic rings. The number of aryl methyl sites for hydroxylation is 4. The predicted molar refractivity (Wildman–Crippen MR) is 179 cm³/mol. The molecule has 9 heteroatoms.